The summed E-state index contributed by atoms with van der Waals surface area (Å²) >= 11 is 18.5. The predicted molar refractivity (Wildman–Crippen MR) is 318 cm³/mol. The van der Waals surface area contributed by atoms with Crippen LogP contribution in [0, 0.1) is 41.5 Å². The first-order valence-electron chi connectivity index (χ1n) is 24.6. The maximum atomic E-state index is 12.9. The van der Waals surface area contributed by atoms with Crippen LogP contribution < -0.4 is 27.1 Å². The number of sulfonamides is 6. The molecule has 4 N–H and O–H groups in total. The Morgan fingerprint density at radius 2 is 0.762 bits per heavy atom. The number of rotatable bonds is 13. The minimum atomic E-state index is -3.93. The van der Waals surface area contributed by atoms with E-state index in [1.807, 2.05) is 32.9 Å². The Balaban J connectivity index is 0.000000173. The molecule has 3 aliphatic rings. The molecule has 9 rings (SSSR count). The molecule has 6 aromatic carbocycles. The van der Waals surface area contributed by atoms with Gasteiger partial charge in [-0.25, -0.2) is 50.5 Å². The third-order valence-electron chi connectivity index (χ3n) is 13.1. The topological polar surface area (TPSA) is 271 Å². The largest absolute Gasteiger partial charge is 0.392 e. The lowest BCUT2D eigenvalue weighted by Gasteiger charge is -2.20. The summed E-state index contributed by atoms with van der Waals surface area (Å²) in [6, 6.07) is 26.6. The third-order valence-corrected chi connectivity index (χ3v) is 24.2. The molecule has 19 nitrogen and oxygen atoms in total. The first kappa shape index (κ1) is 62.3. The van der Waals surface area contributed by atoms with Gasteiger partial charge in [0.05, 0.1) is 87.7 Å². The molecule has 0 aromatic heterocycles. The summed E-state index contributed by atoms with van der Waals surface area (Å²) in [5.41, 5.74) is 6.51. The predicted octanol–water partition coefficient (Wildman–Crippen LogP) is 9.38. The van der Waals surface area contributed by atoms with Crippen molar-refractivity contribution in [3.63, 3.8) is 0 Å². The minimum absolute atomic E-state index is 0.0342. The van der Waals surface area contributed by atoms with E-state index in [1.165, 1.54) is 73.6 Å². The number of aliphatic hydroxyl groups excluding tert-OH is 1. The molecule has 0 spiro atoms. The number of aliphatic hydroxyl groups is 1. The van der Waals surface area contributed by atoms with E-state index in [0.717, 1.165) is 16.7 Å². The van der Waals surface area contributed by atoms with Gasteiger partial charge in [0.2, 0.25) is 30.1 Å². The maximum absolute atomic E-state index is 12.9. The van der Waals surface area contributed by atoms with Crippen molar-refractivity contribution in [2.75, 3.05) is 64.0 Å². The van der Waals surface area contributed by atoms with Crippen LogP contribution in [0.5, 0.6) is 0 Å². The summed E-state index contributed by atoms with van der Waals surface area (Å²) in [6.07, 6.45) is 1.51. The van der Waals surface area contributed by atoms with Crippen molar-refractivity contribution in [2.24, 2.45) is 0 Å². The van der Waals surface area contributed by atoms with Gasteiger partial charge in [-0.15, -0.1) is 0 Å². The van der Waals surface area contributed by atoms with Gasteiger partial charge >= 0.3 is 0 Å². The van der Waals surface area contributed by atoms with Crippen LogP contribution in [0.1, 0.15) is 58.2 Å². The average molecular weight is 1270 g/mol. The van der Waals surface area contributed by atoms with Crippen LogP contribution in [0.25, 0.3) is 0 Å². The van der Waals surface area contributed by atoms with E-state index in [2.05, 4.69) is 14.2 Å². The van der Waals surface area contributed by atoms with Gasteiger partial charge in [0, 0.05) is 19.6 Å². The number of hydrogen-bond donors (Lipinski definition) is 4. The van der Waals surface area contributed by atoms with Crippen molar-refractivity contribution < 1.29 is 55.6 Å². The lowest BCUT2D eigenvalue weighted by Crippen LogP contribution is -2.25. The van der Waals surface area contributed by atoms with Crippen LogP contribution in [-0.2, 0) is 66.7 Å². The lowest BCUT2D eigenvalue weighted by molar-refractivity contribution is 0.281. The second-order valence-electron chi connectivity index (χ2n) is 19.3. The molecule has 3 fully saturated rings. The molecular weight excluding hydrogens is 1220 g/mol. The quantitative estimate of drug-likeness (QED) is 0.0840. The normalized spacial score (nSPS) is 16.6. The highest BCUT2D eigenvalue weighted by Gasteiger charge is 2.33. The Hall–Kier alpha value is -5.35. The Morgan fingerprint density at radius 3 is 1.11 bits per heavy atom. The Labute approximate surface area is 484 Å². The molecule has 28 heteroatoms. The highest BCUT2D eigenvalue weighted by Crippen LogP contribution is 2.38. The summed E-state index contributed by atoms with van der Waals surface area (Å²) in [7, 11) is -21.8. The van der Waals surface area contributed by atoms with E-state index < -0.39 is 60.1 Å². The van der Waals surface area contributed by atoms with Crippen molar-refractivity contribution >= 4 is 129 Å². The number of anilines is 6. The Kier molecular flexibility index (Phi) is 18.9. The second kappa shape index (κ2) is 24.2. The molecule has 3 aliphatic heterocycles. The summed E-state index contributed by atoms with van der Waals surface area (Å²) in [5.74, 6) is 0.148. The molecule has 0 amide bonds. The summed E-state index contributed by atoms with van der Waals surface area (Å²) in [4.78, 5) is 0.415. The van der Waals surface area contributed by atoms with Crippen molar-refractivity contribution in [3.8, 4) is 0 Å². The molecule has 0 aliphatic carbocycles. The van der Waals surface area contributed by atoms with Crippen molar-refractivity contribution in [2.45, 2.75) is 82.1 Å². The molecule has 80 heavy (non-hydrogen) atoms. The molecule has 0 radical (unpaired) electrons. The van der Waals surface area contributed by atoms with Gasteiger partial charge in [-0.3, -0.25) is 27.1 Å². The first-order valence-corrected chi connectivity index (χ1v) is 35.0. The van der Waals surface area contributed by atoms with E-state index in [4.69, 9.17) is 34.8 Å². The van der Waals surface area contributed by atoms with E-state index in [-0.39, 0.29) is 87.7 Å². The fourth-order valence-corrected chi connectivity index (χ4v) is 18.5. The van der Waals surface area contributed by atoms with Gasteiger partial charge in [0.1, 0.15) is 0 Å². The molecule has 6 aromatic rings. The number of benzene rings is 6. The molecule has 0 bridgehead atoms. The lowest BCUT2D eigenvalue weighted by atomic mass is 10.1. The molecule has 0 saturated carbocycles. The molecule has 0 unspecified atom stereocenters. The highest BCUT2D eigenvalue weighted by molar-refractivity contribution is 7.94. The molecule has 3 heterocycles. The highest BCUT2D eigenvalue weighted by atomic mass is 35.5. The molecule has 3 saturated heterocycles. The monoisotopic (exact) mass is 1270 g/mol. The smallest absolute Gasteiger partial charge is 0.262 e. The number of nitrogens with zero attached hydrogens (tertiary/aromatic N) is 3. The van der Waals surface area contributed by atoms with Crippen LogP contribution in [-0.4, -0.2) is 92.5 Å². The SMILES string of the molecule is Cc1cc(C)c(S(=O)(=O)Nc2ccc(Cl)c(N3CCCS3(=O)=O)c2)cc1C.Cc1ccc(C)c(S(=O)(=O)Nc2ccc(Cl)c(N3CCCS3(=O)=O)c2)c1.Cc1ccc(CO)cc1S(=O)(=O)Nc1ccc(Cl)c(N2CCCS2(=O)=O)c1. The van der Waals surface area contributed by atoms with Crippen LogP contribution in [0.3, 0.4) is 0 Å². The third kappa shape index (κ3) is 14.3. The van der Waals surface area contributed by atoms with E-state index in [0.29, 0.717) is 61.2 Å². The van der Waals surface area contributed by atoms with Crippen LogP contribution in [0.4, 0.5) is 34.1 Å². The van der Waals surface area contributed by atoms with Crippen molar-refractivity contribution in [1.29, 1.82) is 0 Å². The first-order chi connectivity index (χ1) is 37.2. The number of hydrogen-bond acceptors (Lipinski definition) is 13. The Bertz CT molecular complexity index is 4100. The summed E-state index contributed by atoms with van der Waals surface area (Å²) in [5, 5.41) is 9.99. The van der Waals surface area contributed by atoms with Gasteiger partial charge in [0.25, 0.3) is 30.1 Å². The zero-order valence-corrected chi connectivity index (χ0v) is 51.3. The van der Waals surface area contributed by atoms with E-state index in [9.17, 15) is 55.6 Å². The molecular formula is C52H59Cl3N6O13S6. The number of aryl methyl sites for hydroxylation is 6. The van der Waals surface area contributed by atoms with Crippen molar-refractivity contribution in [1.82, 2.24) is 0 Å². The van der Waals surface area contributed by atoms with E-state index in [1.54, 1.807) is 51.1 Å². The van der Waals surface area contributed by atoms with Gasteiger partial charge in [0.15, 0.2) is 0 Å². The number of halogens is 3. The fourth-order valence-electron chi connectivity index (χ4n) is 8.92. The van der Waals surface area contributed by atoms with Gasteiger partial charge < -0.3 is 5.11 Å². The maximum Gasteiger partial charge on any atom is 0.262 e. The van der Waals surface area contributed by atoms with Crippen molar-refractivity contribution in [3.05, 3.63) is 157 Å². The standard InChI is InChI=1S/C18H21ClN2O4S2.C17H19ClN2O5S2.C17H19ClN2O4S2/c1-12-9-14(3)18(10-13(12)2)27(24,25)20-15-5-6-16(19)17(11-15)21-7-4-8-26(21,22)23;1-12-3-4-13(11-21)9-17(12)27(24,25)19-14-5-6-15(18)16(10-14)20-7-2-8-26(20,22)23;1-12-4-5-13(2)17(10-12)26(23,24)19-14-6-7-15(18)16(11-14)20-8-3-9-25(20,21)22/h5-6,9-11,20H,4,7-8H2,1-3H3;3-6,9-10,19,21H,2,7-8,11H2,1H3;4-7,10-11,19H,3,8-9H2,1-2H3. The van der Waals surface area contributed by atoms with E-state index >= 15 is 0 Å². The van der Waals surface area contributed by atoms with Crippen LogP contribution in [0.2, 0.25) is 15.1 Å². The zero-order valence-electron chi connectivity index (χ0n) is 44.2. The summed E-state index contributed by atoms with van der Waals surface area (Å²) in [6.45, 7) is 11.4. The Morgan fingerprint density at radius 1 is 0.425 bits per heavy atom. The van der Waals surface area contributed by atoms with Gasteiger partial charge in [-0.2, -0.15) is 0 Å². The number of nitrogens with one attached hydrogen (secondary N) is 3. The van der Waals surface area contributed by atoms with Crippen LogP contribution in [0.15, 0.2) is 118 Å². The second-order valence-corrected chi connectivity index (χ2v) is 31.5. The van der Waals surface area contributed by atoms with Crippen LogP contribution >= 0.6 is 34.8 Å². The average Bonchev–Trinajstić information content (AvgIpc) is 4.13. The minimum Gasteiger partial charge on any atom is -0.392 e. The summed E-state index contributed by atoms with van der Waals surface area (Å²) < 4.78 is 161. The molecule has 432 valence electrons. The fraction of sp³-hybridized carbons (Fsp3) is 0.308. The van der Waals surface area contributed by atoms with Gasteiger partial charge in [-0.1, -0.05) is 65.1 Å². The zero-order chi connectivity index (χ0) is 58.9. The van der Waals surface area contributed by atoms with Gasteiger partial charge in [-0.05, 0) is 173 Å². The molecule has 0 atom stereocenters.